The van der Waals surface area contributed by atoms with Crippen LogP contribution >= 0.6 is 0 Å². The number of rotatable bonds is 10. The van der Waals surface area contributed by atoms with Gasteiger partial charge in [0.05, 0.1) is 5.70 Å². The summed E-state index contributed by atoms with van der Waals surface area (Å²) in [5.74, 6) is 0. The van der Waals surface area contributed by atoms with Crippen LogP contribution in [0.3, 0.4) is 0 Å². The minimum Gasteiger partial charge on any atom is -0.423 e. The van der Waals surface area contributed by atoms with Crippen molar-refractivity contribution < 1.29 is 14.9 Å². The Balaban J connectivity index is 2.11. The monoisotopic (exact) mass is 331 g/mol. The van der Waals surface area contributed by atoms with Crippen LogP contribution in [0.1, 0.15) is 70.8 Å². The minimum absolute atomic E-state index is 0.213. The van der Waals surface area contributed by atoms with E-state index in [1.54, 1.807) is 12.1 Å². The van der Waals surface area contributed by atoms with E-state index in [-0.39, 0.29) is 5.60 Å². The quantitative estimate of drug-likeness (QED) is 0.455. The normalized spacial score (nSPS) is 15.9. The third-order valence-electron chi connectivity index (χ3n) is 4.70. The second kappa shape index (κ2) is 9.26. The fourth-order valence-corrected chi connectivity index (χ4v) is 3.18. The summed E-state index contributed by atoms with van der Waals surface area (Å²) in [7, 11) is -1.43. The fourth-order valence-electron chi connectivity index (χ4n) is 3.18. The molecule has 0 atom stereocenters. The maximum absolute atomic E-state index is 9.20. The Labute approximate surface area is 146 Å². The summed E-state index contributed by atoms with van der Waals surface area (Å²) in [4.78, 5) is 6.04. The minimum atomic E-state index is -1.43. The Morgan fingerprint density at radius 2 is 1.54 bits per heavy atom. The van der Waals surface area contributed by atoms with Gasteiger partial charge in [0.15, 0.2) is 0 Å². The van der Waals surface area contributed by atoms with Gasteiger partial charge in [0, 0.05) is 0 Å². The molecule has 1 aromatic carbocycles. The van der Waals surface area contributed by atoms with E-state index in [1.807, 2.05) is 12.1 Å². The van der Waals surface area contributed by atoms with E-state index in [4.69, 9.17) is 4.84 Å². The highest BCUT2D eigenvalue weighted by Crippen LogP contribution is 2.34. The van der Waals surface area contributed by atoms with Crippen LogP contribution < -0.4 is 10.9 Å². The topological polar surface area (TPSA) is 61.7 Å². The first kappa shape index (κ1) is 19.0. The van der Waals surface area contributed by atoms with Gasteiger partial charge in [-0.1, -0.05) is 76.6 Å². The summed E-state index contributed by atoms with van der Waals surface area (Å²) in [5.41, 5.74) is 5.37. The highest BCUT2D eigenvalue weighted by atomic mass is 16.7. The summed E-state index contributed by atoms with van der Waals surface area (Å²) in [6, 6.07) is 7.25. The number of hydrogen-bond acceptors (Lipinski definition) is 4. The molecule has 0 saturated heterocycles. The Morgan fingerprint density at radius 1 is 0.958 bits per heavy atom. The van der Waals surface area contributed by atoms with Crippen LogP contribution in [0.4, 0.5) is 0 Å². The SMILES string of the molecule is CCCCCC1(CCCCC)C=C(c2ccc(B(O)O)cc2)NO1. The highest BCUT2D eigenvalue weighted by Gasteiger charge is 2.34. The molecule has 1 aliphatic rings. The largest absolute Gasteiger partial charge is 0.488 e. The number of hydrogen-bond donors (Lipinski definition) is 3. The van der Waals surface area contributed by atoms with Gasteiger partial charge in [0.1, 0.15) is 5.60 Å². The van der Waals surface area contributed by atoms with Gasteiger partial charge in [-0.2, -0.15) is 0 Å². The summed E-state index contributed by atoms with van der Waals surface area (Å²) >= 11 is 0. The van der Waals surface area contributed by atoms with Crippen molar-refractivity contribution >= 4 is 18.3 Å². The van der Waals surface area contributed by atoms with E-state index < -0.39 is 7.12 Å². The molecule has 3 N–H and O–H groups in total. The maximum Gasteiger partial charge on any atom is 0.488 e. The number of hydroxylamine groups is 1. The predicted molar refractivity (Wildman–Crippen MR) is 99.5 cm³/mol. The van der Waals surface area contributed by atoms with Gasteiger partial charge in [-0.25, -0.2) is 0 Å². The zero-order valence-corrected chi connectivity index (χ0v) is 14.9. The first-order valence-corrected chi connectivity index (χ1v) is 9.23. The van der Waals surface area contributed by atoms with Crippen molar-refractivity contribution in [3.05, 3.63) is 35.9 Å². The molecule has 0 aliphatic carbocycles. The van der Waals surface area contributed by atoms with E-state index >= 15 is 0 Å². The van der Waals surface area contributed by atoms with Crippen LogP contribution in [0.15, 0.2) is 30.3 Å². The van der Waals surface area contributed by atoms with Gasteiger partial charge < -0.3 is 10.0 Å². The summed E-state index contributed by atoms with van der Waals surface area (Å²) in [6.45, 7) is 4.44. The maximum atomic E-state index is 9.20. The predicted octanol–water partition coefficient (Wildman–Crippen LogP) is 3.14. The third kappa shape index (κ3) is 5.10. The van der Waals surface area contributed by atoms with Gasteiger partial charge in [-0.3, -0.25) is 10.3 Å². The van der Waals surface area contributed by atoms with Gasteiger partial charge in [0.2, 0.25) is 0 Å². The van der Waals surface area contributed by atoms with E-state index in [0.717, 1.165) is 24.1 Å². The number of nitrogens with one attached hydrogen (secondary N) is 1. The third-order valence-corrected chi connectivity index (χ3v) is 4.70. The Hall–Kier alpha value is -1.30. The second-order valence-electron chi connectivity index (χ2n) is 6.74. The molecule has 0 saturated carbocycles. The van der Waals surface area contributed by atoms with Gasteiger partial charge in [-0.15, -0.1) is 0 Å². The summed E-state index contributed by atoms with van der Waals surface area (Å²) in [5, 5.41) is 18.4. The summed E-state index contributed by atoms with van der Waals surface area (Å²) in [6.07, 6.45) is 11.5. The molecule has 1 aromatic rings. The van der Waals surface area contributed by atoms with Gasteiger partial charge >= 0.3 is 7.12 Å². The van der Waals surface area contributed by atoms with Gasteiger partial charge in [-0.05, 0) is 29.9 Å². The lowest BCUT2D eigenvalue weighted by Gasteiger charge is -2.25. The molecular formula is C19H30BNO3. The van der Waals surface area contributed by atoms with Crippen LogP contribution in [0, 0.1) is 0 Å². The lowest BCUT2D eigenvalue weighted by Crippen LogP contribution is -2.30. The van der Waals surface area contributed by atoms with Crippen molar-refractivity contribution in [2.24, 2.45) is 0 Å². The molecule has 0 amide bonds. The number of benzene rings is 1. The highest BCUT2D eigenvalue weighted by molar-refractivity contribution is 6.58. The molecule has 132 valence electrons. The zero-order valence-electron chi connectivity index (χ0n) is 14.9. The van der Waals surface area contributed by atoms with Crippen molar-refractivity contribution in [2.75, 3.05) is 0 Å². The lowest BCUT2D eigenvalue weighted by molar-refractivity contribution is -0.0472. The molecule has 4 nitrogen and oxygen atoms in total. The molecule has 0 radical (unpaired) electrons. The molecule has 24 heavy (non-hydrogen) atoms. The molecule has 5 heteroatoms. The molecular weight excluding hydrogens is 301 g/mol. The molecule has 0 aromatic heterocycles. The van der Waals surface area contributed by atoms with Crippen LogP contribution in [-0.4, -0.2) is 22.8 Å². The van der Waals surface area contributed by atoms with E-state index in [2.05, 4.69) is 25.4 Å². The molecule has 0 unspecified atom stereocenters. The van der Waals surface area contributed by atoms with Gasteiger partial charge in [0.25, 0.3) is 0 Å². The second-order valence-corrected chi connectivity index (χ2v) is 6.74. The van der Waals surface area contributed by atoms with E-state index in [9.17, 15) is 10.0 Å². The van der Waals surface area contributed by atoms with Crippen molar-refractivity contribution in [3.8, 4) is 0 Å². The van der Waals surface area contributed by atoms with Crippen molar-refractivity contribution in [1.82, 2.24) is 5.48 Å². The van der Waals surface area contributed by atoms with E-state index in [0.29, 0.717) is 5.46 Å². The van der Waals surface area contributed by atoms with Crippen LogP contribution in [-0.2, 0) is 4.84 Å². The van der Waals surface area contributed by atoms with Crippen molar-refractivity contribution in [2.45, 2.75) is 70.8 Å². The average molecular weight is 331 g/mol. The fraction of sp³-hybridized carbons (Fsp3) is 0.579. The Morgan fingerprint density at radius 3 is 2.04 bits per heavy atom. The summed E-state index contributed by atoms with van der Waals surface area (Å²) < 4.78 is 0. The van der Waals surface area contributed by atoms with Crippen molar-refractivity contribution in [3.63, 3.8) is 0 Å². The molecule has 2 rings (SSSR count). The average Bonchev–Trinajstić information content (AvgIpc) is 3.00. The van der Waals surface area contributed by atoms with Crippen molar-refractivity contribution in [1.29, 1.82) is 0 Å². The number of unbranched alkanes of at least 4 members (excludes halogenated alkanes) is 4. The Kier molecular flexibility index (Phi) is 7.34. The first-order chi connectivity index (χ1) is 11.6. The van der Waals surface area contributed by atoms with Crippen LogP contribution in [0.25, 0.3) is 5.70 Å². The van der Waals surface area contributed by atoms with Crippen LogP contribution in [0.2, 0.25) is 0 Å². The van der Waals surface area contributed by atoms with E-state index in [1.165, 1.54) is 38.5 Å². The Bertz CT molecular complexity index is 518. The molecule has 0 bridgehead atoms. The zero-order chi connectivity index (χ0) is 17.4. The smallest absolute Gasteiger partial charge is 0.423 e. The molecule has 0 fully saturated rings. The molecule has 1 heterocycles. The van der Waals surface area contributed by atoms with Crippen LogP contribution in [0.5, 0.6) is 0 Å². The standard InChI is InChI=1S/C19H30BNO3/c1-3-5-7-13-19(14-8-6-4-2)15-18(21-24-19)16-9-11-17(12-10-16)20(22)23/h9-12,15,21-23H,3-8,13-14H2,1-2H3. The first-order valence-electron chi connectivity index (χ1n) is 9.23. The molecule has 0 spiro atoms. The lowest BCUT2D eigenvalue weighted by atomic mass is 9.80. The molecule has 1 aliphatic heterocycles.